The largest absolute Gasteiger partial charge is 0.753 e. The minimum absolute atomic E-state index is 0.336. The Morgan fingerprint density at radius 1 is 1.09 bits per heavy atom. The second-order valence-corrected chi connectivity index (χ2v) is 5.42. The minimum Gasteiger partial charge on any atom is -0.753 e. The molecular weight excluding hydrogens is 283 g/mol. The summed E-state index contributed by atoms with van der Waals surface area (Å²) < 4.78 is 13.8. The van der Waals surface area contributed by atoms with Crippen molar-refractivity contribution in [3.05, 3.63) is 87.4 Å². The van der Waals surface area contributed by atoms with Crippen LogP contribution in [-0.4, -0.2) is 9.82 Å². The molecule has 0 fully saturated rings. The molecule has 1 atom stereocenters. The first kappa shape index (κ1) is 14.4. The standard InChI is InChI=1S/C17H15FN2O2/c1-12-16(13-6-4-3-5-7-13)20(22)17(2,19(12)21)14-8-10-15(18)11-9-14/h3-11H,1-2H3/t17-/m0/s1. The van der Waals surface area contributed by atoms with Crippen molar-refractivity contribution in [3.63, 3.8) is 0 Å². The van der Waals surface area contributed by atoms with Crippen LogP contribution in [0.1, 0.15) is 25.0 Å². The van der Waals surface area contributed by atoms with Gasteiger partial charge in [-0.05, 0) is 43.3 Å². The van der Waals surface area contributed by atoms with E-state index in [0.29, 0.717) is 32.3 Å². The highest BCUT2D eigenvalue weighted by molar-refractivity contribution is 5.63. The Labute approximate surface area is 127 Å². The lowest BCUT2D eigenvalue weighted by Gasteiger charge is -2.35. The smallest absolute Gasteiger partial charge is 0.306 e. The van der Waals surface area contributed by atoms with E-state index in [0.717, 1.165) is 0 Å². The first-order chi connectivity index (χ1) is 10.5. The number of nitroso groups, excluding NO2 is 1. The van der Waals surface area contributed by atoms with Crippen LogP contribution in [0, 0.1) is 15.9 Å². The van der Waals surface area contributed by atoms with Crippen LogP contribution >= 0.6 is 0 Å². The molecule has 5 heteroatoms. The maximum atomic E-state index is 13.1. The van der Waals surface area contributed by atoms with Gasteiger partial charge in [-0.15, -0.1) is 0 Å². The predicted molar refractivity (Wildman–Crippen MR) is 81.6 cm³/mol. The second-order valence-electron chi connectivity index (χ2n) is 5.42. The summed E-state index contributed by atoms with van der Waals surface area (Å²) in [6.07, 6.45) is 0. The van der Waals surface area contributed by atoms with Crippen molar-refractivity contribution in [2.24, 2.45) is 0 Å². The van der Waals surface area contributed by atoms with Crippen molar-refractivity contribution >= 4 is 5.70 Å². The molecule has 0 aromatic heterocycles. The Bertz CT molecular complexity index is 756. The maximum Gasteiger partial charge on any atom is 0.306 e. The third kappa shape index (κ3) is 1.94. The Morgan fingerprint density at radius 2 is 1.68 bits per heavy atom. The topological polar surface area (TPSA) is 46.4 Å². The molecule has 0 spiro atoms. The lowest BCUT2D eigenvalue weighted by Crippen LogP contribution is -2.41. The second kappa shape index (κ2) is 5.03. The molecule has 0 amide bonds. The highest BCUT2D eigenvalue weighted by Crippen LogP contribution is 2.43. The molecule has 112 valence electrons. The number of benzene rings is 2. The monoisotopic (exact) mass is 298 g/mol. The van der Waals surface area contributed by atoms with Crippen LogP contribution < -0.4 is 0 Å². The third-order valence-corrected chi connectivity index (χ3v) is 4.08. The molecule has 1 aliphatic heterocycles. The molecule has 2 aromatic carbocycles. The number of allylic oxidation sites excluding steroid dienone is 1. The van der Waals surface area contributed by atoms with Crippen molar-refractivity contribution in [2.45, 2.75) is 19.5 Å². The fourth-order valence-corrected chi connectivity index (χ4v) is 2.79. The highest BCUT2D eigenvalue weighted by atomic mass is 19.1. The maximum absolute atomic E-state index is 13.1. The summed E-state index contributed by atoms with van der Waals surface area (Å²) in [4.78, 5) is 12.9. The van der Waals surface area contributed by atoms with Gasteiger partial charge in [-0.25, -0.2) is 4.39 Å². The molecule has 0 saturated carbocycles. The van der Waals surface area contributed by atoms with E-state index in [1.165, 1.54) is 24.3 Å². The lowest BCUT2D eigenvalue weighted by molar-refractivity contribution is -0.565. The Kier molecular flexibility index (Phi) is 3.30. The molecule has 0 aliphatic carbocycles. The zero-order valence-electron chi connectivity index (χ0n) is 12.3. The van der Waals surface area contributed by atoms with Gasteiger partial charge in [-0.3, -0.25) is 0 Å². The summed E-state index contributed by atoms with van der Waals surface area (Å²) in [7, 11) is 0. The minimum atomic E-state index is -1.44. The van der Waals surface area contributed by atoms with Gasteiger partial charge < -0.3 is 10.3 Å². The third-order valence-electron chi connectivity index (χ3n) is 4.08. The van der Waals surface area contributed by atoms with Crippen LogP contribution in [0.4, 0.5) is 4.39 Å². The Hall–Kier alpha value is -2.53. The molecule has 22 heavy (non-hydrogen) atoms. The summed E-state index contributed by atoms with van der Waals surface area (Å²) in [5.74, 6) is -0.409. The van der Waals surface area contributed by atoms with Gasteiger partial charge in [0.25, 0.3) is 5.70 Å². The molecular formula is C17H15FN2O2. The van der Waals surface area contributed by atoms with Gasteiger partial charge in [0.2, 0.25) is 0 Å². The molecule has 0 bridgehead atoms. The molecule has 0 unspecified atom stereocenters. The van der Waals surface area contributed by atoms with Crippen molar-refractivity contribution in [1.29, 1.82) is 0 Å². The quantitative estimate of drug-likeness (QED) is 0.788. The molecule has 3 rings (SSSR count). The van der Waals surface area contributed by atoms with Gasteiger partial charge >= 0.3 is 5.66 Å². The van der Waals surface area contributed by atoms with Crippen LogP contribution in [0.5, 0.6) is 0 Å². The van der Waals surface area contributed by atoms with Gasteiger partial charge in [0.15, 0.2) is 0 Å². The number of nitrogens with zero attached hydrogens (tertiary/aromatic N) is 2. The van der Waals surface area contributed by atoms with Gasteiger partial charge in [0, 0.05) is 17.4 Å². The van der Waals surface area contributed by atoms with Crippen LogP contribution in [0.2, 0.25) is 0 Å². The number of halogens is 1. The lowest BCUT2D eigenvalue weighted by atomic mass is 10.0. The van der Waals surface area contributed by atoms with Crippen molar-refractivity contribution in [1.82, 2.24) is 5.06 Å². The first-order valence-electron chi connectivity index (χ1n) is 6.93. The van der Waals surface area contributed by atoms with Crippen LogP contribution in [0.3, 0.4) is 0 Å². The normalized spacial score (nSPS) is 21.6. The summed E-state index contributed by atoms with van der Waals surface area (Å²) in [5.41, 5.74) is 0.365. The van der Waals surface area contributed by atoms with E-state index in [4.69, 9.17) is 0 Å². The number of hydrogen-bond donors (Lipinski definition) is 0. The molecule has 2 aromatic rings. The van der Waals surface area contributed by atoms with E-state index in [1.54, 1.807) is 26.0 Å². The van der Waals surface area contributed by atoms with Crippen LogP contribution in [-0.2, 0) is 5.66 Å². The zero-order chi connectivity index (χ0) is 15.9. The van der Waals surface area contributed by atoms with Crippen molar-refractivity contribution in [2.75, 3.05) is 0 Å². The molecule has 4 nitrogen and oxygen atoms in total. The average molecular weight is 298 g/mol. The molecule has 0 saturated heterocycles. The van der Waals surface area contributed by atoms with E-state index in [2.05, 4.69) is 0 Å². The number of hydrogen-bond acceptors (Lipinski definition) is 3. The summed E-state index contributed by atoms with van der Waals surface area (Å²) in [6.45, 7) is 3.16. The molecule has 0 N–H and O–H groups in total. The fourth-order valence-electron chi connectivity index (χ4n) is 2.79. The van der Waals surface area contributed by atoms with Crippen molar-refractivity contribution in [3.8, 4) is 0 Å². The van der Waals surface area contributed by atoms with E-state index < -0.39 is 11.5 Å². The fraction of sp³-hybridized carbons (Fsp3) is 0.176. The van der Waals surface area contributed by atoms with Gasteiger partial charge in [-0.2, -0.15) is 0 Å². The van der Waals surface area contributed by atoms with E-state index in [-0.39, 0.29) is 0 Å². The summed E-state index contributed by atoms with van der Waals surface area (Å²) >= 11 is 0. The van der Waals surface area contributed by atoms with E-state index in [1.807, 2.05) is 18.2 Å². The number of hydroxylamine groups is 2. The molecule has 1 aliphatic rings. The Morgan fingerprint density at radius 3 is 2.27 bits per heavy atom. The van der Waals surface area contributed by atoms with Gasteiger partial charge in [0.05, 0.1) is 16.0 Å². The summed E-state index contributed by atoms with van der Waals surface area (Å²) in [5, 5.41) is 13.3. The summed E-state index contributed by atoms with van der Waals surface area (Å²) in [6, 6.07) is 14.5. The van der Waals surface area contributed by atoms with E-state index in [9.17, 15) is 14.5 Å². The Balaban J connectivity index is 2.11. The zero-order valence-corrected chi connectivity index (χ0v) is 12.3. The molecule has 0 radical (unpaired) electrons. The van der Waals surface area contributed by atoms with Crippen LogP contribution in [0.15, 0.2) is 60.3 Å². The van der Waals surface area contributed by atoms with Gasteiger partial charge in [0.1, 0.15) is 5.82 Å². The highest BCUT2D eigenvalue weighted by Gasteiger charge is 2.54. The van der Waals surface area contributed by atoms with Gasteiger partial charge in [-0.1, -0.05) is 18.2 Å². The average Bonchev–Trinajstić information content (AvgIpc) is 2.71. The number of rotatable bonds is 2. The SMILES string of the molecule is CC1=C(c2ccccc2)[N+](=O)[C@@](C)(c2ccc(F)cc2)N1[O-]. The van der Waals surface area contributed by atoms with E-state index >= 15 is 0 Å². The molecule has 1 heterocycles. The van der Waals surface area contributed by atoms with Crippen LogP contribution in [0.25, 0.3) is 5.70 Å². The first-order valence-corrected chi connectivity index (χ1v) is 6.93. The predicted octanol–water partition coefficient (Wildman–Crippen LogP) is 3.98. The van der Waals surface area contributed by atoms with Crippen molar-refractivity contribution < 1.29 is 9.15 Å².